The van der Waals surface area contributed by atoms with Crippen LogP contribution in [-0.4, -0.2) is 20.0 Å². The Kier molecular flexibility index (Phi) is 5.32. The Morgan fingerprint density at radius 3 is 2.45 bits per heavy atom. The lowest BCUT2D eigenvalue weighted by atomic mass is 10.00. The predicted molar refractivity (Wildman–Crippen MR) is 105 cm³/mol. The molecule has 29 heavy (non-hydrogen) atoms. The molecule has 1 amide bonds. The van der Waals surface area contributed by atoms with Crippen molar-refractivity contribution >= 4 is 22.6 Å². The third-order valence-corrected chi connectivity index (χ3v) is 4.98. The molecule has 3 rings (SSSR count). The van der Waals surface area contributed by atoms with E-state index in [1.54, 1.807) is 20.9 Å². The minimum atomic E-state index is -1.05. The van der Waals surface area contributed by atoms with Crippen molar-refractivity contribution in [3.05, 3.63) is 67.5 Å². The lowest BCUT2D eigenvalue weighted by molar-refractivity contribution is -0.116. The molecule has 0 bridgehead atoms. The third-order valence-electron chi connectivity index (χ3n) is 4.98. The molecule has 2 heterocycles. The number of benzene rings is 1. The van der Waals surface area contributed by atoms with Gasteiger partial charge in [-0.1, -0.05) is 0 Å². The summed E-state index contributed by atoms with van der Waals surface area (Å²) in [6.45, 7) is 3.50. The van der Waals surface area contributed by atoms with E-state index < -0.39 is 22.9 Å². The summed E-state index contributed by atoms with van der Waals surface area (Å²) in [5, 5.41) is 2.85. The van der Waals surface area contributed by atoms with E-state index in [-0.39, 0.29) is 18.0 Å². The molecule has 0 atom stereocenters. The number of anilines is 1. The topological polar surface area (TPSA) is 86.0 Å². The number of hydrogen-bond donors (Lipinski definition) is 1. The van der Waals surface area contributed by atoms with Crippen molar-refractivity contribution in [1.82, 2.24) is 14.1 Å². The van der Waals surface area contributed by atoms with Crippen LogP contribution in [0.5, 0.6) is 0 Å². The van der Waals surface area contributed by atoms with Gasteiger partial charge in [0.25, 0.3) is 5.56 Å². The van der Waals surface area contributed by atoms with Gasteiger partial charge >= 0.3 is 5.69 Å². The molecule has 7 nitrogen and oxygen atoms in total. The number of nitrogens with zero attached hydrogens (tertiary/aromatic N) is 3. The third kappa shape index (κ3) is 3.67. The molecular formula is C20H20F2N4O3. The predicted octanol–water partition coefficient (Wildman–Crippen LogP) is 2.10. The number of halogens is 2. The van der Waals surface area contributed by atoms with E-state index in [9.17, 15) is 23.2 Å². The van der Waals surface area contributed by atoms with E-state index in [4.69, 9.17) is 0 Å². The number of carbonyl (C=O) groups is 1. The Morgan fingerprint density at radius 1 is 1.10 bits per heavy atom. The van der Waals surface area contributed by atoms with Crippen molar-refractivity contribution in [1.29, 1.82) is 0 Å². The van der Waals surface area contributed by atoms with Gasteiger partial charge in [0.2, 0.25) is 5.91 Å². The number of carbonyl (C=O) groups excluding carboxylic acids is 1. The zero-order chi connectivity index (χ0) is 21.5. The van der Waals surface area contributed by atoms with Crippen LogP contribution in [0.25, 0.3) is 11.0 Å². The number of pyridine rings is 1. The van der Waals surface area contributed by atoms with Crippen LogP contribution in [0.1, 0.15) is 23.2 Å². The minimum Gasteiger partial charge on any atom is -0.326 e. The van der Waals surface area contributed by atoms with Gasteiger partial charge in [-0.25, -0.2) is 18.6 Å². The summed E-state index contributed by atoms with van der Waals surface area (Å²) < 4.78 is 28.6. The largest absolute Gasteiger partial charge is 0.332 e. The van der Waals surface area contributed by atoms with Crippen molar-refractivity contribution in [3.8, 4) is 0 Å². The summed E-state index contributed by atoms with van der Waals surface area (Å²) >= 11 is 0. The molecule has 0 aliphatic rings. The first kappa shape index (κ1) is 20.4. The molecule has 0 unspecified atom stereocenters. The quantitative estimate of drug-likeness (QED) is 0.724. The fourth-order valence-electron chi connectivity index (χ4n) is 3.35. The first-order chi connectivity index (χ1) is 13.6. The van der Waals surface area contributed by atoms with Crippen LogP contribution in [0.2, 0.25) is 0 Å². The van der Waals surface area contributed by atoms with Gasteiger partial charge in [0.05, 0.1) is 5.39 Å². The van der Waals surface area contributed by atoms with Crippen LogP contribution in [0.4, 0.5) is 14.5 Å². The monoisotopic (exact) mass is 402 g/mol. The summed E-state index contributed by atoms with van der Waals surface area (Å²) in [6, 6.07) is 3.12. The van der Waals surface area contributed by atoms with Gasteiger partial charge in [0.1, 0.15) is 5.65 Å². The molecule has 0 aliphatic heterocycles. The van der Waals surface area contributed by atoms with Crippen LogP contribution in [0.3, 0.4) is 0 Å². The molecule has 152 valence electrons. The van der Waals surface area contributed by atoms with Crippen molar-refractivity contribution in [3.63, 3.8) is 0 Å². The highest BCUT2D eigenvalue weighted by Crippen LogP contribution is 2.21. The SMILES string of the molecule is Cc1nc2c(c(C)c1CCC(=O)Nc1ccc(F)c(F)c1)c(=O)n(C)c(=O)n2C. The van der Waals surface area contributed by atoms with E-state index in [0.29, 0.717) is 28.7 Å². The molecule has 3 aromatic rings. The number of nitrogens with one attached hydrogen (secondary N) is 1. The van der Waals surface area contributed by atoms with Gasteiger partial charge in [-0.2, -0.15) is 0 Å². The normalized spacial score (nSPS) is 11.1. The average Bonchev–Trinajstić information content (AvgIpc) is 2.67. The highest BCUT2D eigenvalue weighted by atomic mass is 19.2. The second-order valence-electron chi connectivity index (χ2n) is 6.88. The number of rotatable bonds is 4. The molecule has 0 fully saturated rings. The van der Waals surface area contributed by atoms with Crippen LogP contribution in [0.15, 0.2) is 27.8 Å². The molecule has 0 saturated heterocycles. The van der Waals surface area contributed by atoms with E-state index in [0.717, 1.165) is 22.3 Å². The first-order valence-electron chi connectivity index (χ1n) is 8.92. The second-order valence-corrected chi connectivity index (χ2v) is 6.88. The number of aryl methyl sites for hydroxylation is 3. The van der Waals surface area contributed by atoms with E-state index >= 15 is 0 Å². The highest BCUT2D eigenvalue weighted by Gasteiger charge is 2.17. The number of hydrogen-bond acceptors (Lipinski definition) is 4. The molecule has 0 saturated carbocycles. The molecule has 9 heteroatoms. The van der Waals surface area contributed by atoms with Crippen LogP contribution < -0.4 is 16.6 Å². The fraction of sp³-hybridized carbons (Fsp3) is 0.300. The molecule has 0 spiro atoms. The van der Waals surface area contributed by atoms with Gasteiger partial charge in [0.15, 0.2) is 11.6 Å². The molecule has 1 aromatic carbocycles. The van der Waals surface area contributed by atoms with Gasteiger partial charge in [-0.05, 0) is 43.5 Å². The summed E-state index contributed by atoms with van der Waals surface area (Å²) in [6.07, 6.45) is 0.349. The van der Waals surface area contributed by atoms with E-state index in [2.05, 4.69) is 10.3 Å². The molecular weight excluding hydrogens is 382 g/mol. The Bertz CT molecular complexity index is 1260. The van der Waals surface area contributed by atoms with Crippen LogP contribution in [-0.2, 0) is 25.3 Å². The van der Waals surface area contributed by atoms with Gasteiger partial charge < -0.3 is 5.32 Å². The zero-order valence-electron chi connectivity index (χ0n) is 16.5. The van der Waals surface area contributed by atoms with Gasteiger partial charge in [-0.3, -0.25) is 18.7 Å². The van der Waals surface area contributed by atoms with Crippen LogP contribution in [0, 0.1) is 25.5 Å². The van der Waals surface area contributed by atoms with Crippen molar-refractivity contribution in [2.24, 2.45) is 14.1 Å². The van der Waals surface area contributed by atoms with Crippen LogP contribution >= 0.6 is 0 Å². The Morgan fingerprint density at radius 2 is 1.79 bits per heavy atom. The summed E-state index contributed by atoms with van der Waals surface area (Å²) in [5.74, 6) is -2.43. The Hall–Kier alpha value is -3.36. The Balaban J connectivity index is 1.90. The van der Waals surface area contributed by atoms with E-state index in [1.807, 2.05) is 0 Å². The lowest BCUT2D eigenvalue weighted by Gasteiger charge is -2.14. The Labute approximate surface area is 164 Å². The minimum absolute atomic E-state index is 0.0555. The summed E-state index contributed by atoms with van der Waals surface area (Å²) in [4.78, 5) is 41.4. The van der Waals surface area contributed by atoms with Crippen molar-refractivity contribution in [2.45, 2.75) is 26.7 Å². The van der Waals surface area contributed by atoms with Crippen molar-refractivity contribution < 1.29 is 13.6 Å². The maximum atomic E-state index is 13.3. The fourth-order valence-corrected chi connectivity index (χ4v) is 3.35. The molecule has 1 N–H and O–H groups in total. The number of amides is 1. The lowest BCUT2D eigenvalue weighted by Crippen LogP contribution is -2.38. The molecule has 0 radical (unpaired) electrons. The summed E-state index contributed by atoms with van der Waals surface area (Å²) in [5.41, 5.74) is 1.54. The molecule has 2 aromatic heterocycles. The standard InChI is InChI=1S/C20H20F2N4O3/c1-10-13(6-8-16(27)24-12-5-7-14(21)15(22)9-12)11(2)23-18-17(10)19(28)26(4)20(29)25(18)3/h5,7,9H,6,8H2,1-4H3,(H,24,27). The average molecular weight is 402 g/mol. The number of aromatic nitrogens is 3. The number of fused-ring (bicyclic) bond motifs is 1. The molecule has 0 aliphatic carbocycles. The van der Waals surface area contributed by atoms with Gasteiger partial charge in [-0.15, -0.1) is 0 Å². The smallest absolute Gasteiger partial charge is 0.326 e. The highest BCUT2D eigenvalue weighted by molar-refractivity contribution is 5.91. The maximum Gasteiger partial charge on any atom is 0.332 e. The van der Waals surface area contributed by atoms with Crippen molar-refractivity contribution in [2.75, 3.05) is 5.32 Å². The first-order valence-corrected chi connectivity index (χ1v) is 8.92. The summed E-state index contributed by atoms with van der Waals surface area (Å²) in [7, 11) is 2.95. The zero-order valence-corrected chi connectivity index (χ0v) is 16.5. The maximum absolute atomic E-state index is 13.3. The second kappa shape index (κ2) is 7.57. The van der Waals surface area contributed by atoms with Gasteiger partial charge in [0, 0.05) is 38.0 Å². The van der Waals surface area contributed by atoms with E-state index in [1.165, 1.54) is 17.7 Å².